The summed E-state index contributed by atoms with van der Waals surface area (Å²) in [5.74, 6) is 2.59. The van der Waals surface area contributed by atoms with Crippen molar-refractivity contribution in [2.45, 2.75) is 54.0 Å². The molecular formula is C23H31N3O3S. The van der Waals surface area contributed by atoms with Crippen LogP contribution in [0.2, 0.25) is 0 Å². The number of ether oxygens (including phenoxy) is 2. The van der Waals surface area contributed by atoms with E-state index in [-0.39, 0.29) is 5.56 Å². The molecule has 2 N–H and O–H groups in total. The molecule has 0 saturated carbocycles. The van der Waals surface area contributed by atoms with E-state index in [1.165, 1.54) is 4.88 Å². The molecule has 2 aromatic heterocycles. The minimum atomic E-state index is -0.0545. The van der Waals surface area contributed by atoms with Gasteiger partial charge in [0.1, 0.15) is 10.7 Å². The molecule has 30 heavy (non-hydrogen) atoms. The van der Waals surface area contributed by atoms with Crippen LogP contribution in [0.1, 0.15) is 50.4 Å². The topological polar surface area (TPSA) is 76.2 Å². The highest BCUT2D eigenvalue weighted by molar-refractivity contribution is 7.18. The zero-order valence-electron chi connectivity index (χ0n) is 18.4. The number of benzene rings is 1. The van der Waals surface area contributed by atoms with E-state index in [0.29, 0.717) is 37.3 Å². The van der Waals surface area contributed by atoms with Gasteiger partial charge in [0.15, 0.2) is 11.5 Å². The maximum Gasteiger partial charge on any atom is 0.259 e. The lowest BCUT2D eigenvalue weighted by Gasteiger charge is -2.13. The van der Waals surface area contributed by atoms with Gasteiger partial charge in [-0.2, -0.15) is 0 Å². The molecule has 0 spiro atoms. The average molecular weight is 430 g/mol. The van der Waals surface area contributed by atoms with E-state index in [2.05, 4.69) is 31.1 Å². The third kappa shape index (κ3) is 4.95. The van der Waals surface area contributed by atoms with Gasteiger partial charge < -0.3 is 19.8 Å². The Morgan fingerprint density at radius 1 is 1.17 bits per heavy atom. The van der Waals surface area contributed by atoms with Crippen LogP contribution < -0.4 is 20.3 Å². The van der Waals surface area contributed by atoms with Crippen LogP contribution in [0.15, 0.2) is 23.0 Å². The molecule has 0 unspecified atom stereocenters. The zero-order valence-corrected chi connectivity index (χ0v) is 19.2. The molecule has 0 radical (unpaired) electrons. The highest BCUT2D eigenvalue weighted by Crippen LogP contribution is 2.31. The number of hydrogen-bond acceptors (Lipinski definition) is 6. The highest BCUT2D eigenvalue weighted by Gasteiger charge is 2.17. The maximum atomic E-state index is 12.8. The van der Waals surface area contributed by atoms with E-state index in [1.54, 1.807) is 11.3 Å². The Bertz CT molecular complexity index is 1060. The minimum Gasteiger partial charge on any atom is -0.490 e. The lowest BCUT2D eigenvalue weighted by atomic mass is 9.98. The highest BCUT2D eigenvalue weighted by atomic mass is 32.1. The van der Waals surface area contributed by atoms with Crippen molar-refractivity contribution in [3.05, 3.63) is 44.8 Å². The summed E-state index contributed by atoms with van der Waals surface area (Å²) in [6.45, 7) is 11.9. The molecule has 7 heteroatoms. The van der Waals surface area contributed by atoms with E-state index >= 15 is 0 Å². The van der Waals surface area contributed by atoms with Gasteiger partial charge in [-0.1, -0.05) is 20.3 Å². The Balaban J connectivity index is 1.82. The van der Waals surface area contributed by atoms with Crippen molar-refractivity contribution in [1.82, 2.24) is 9.97 Å². The number of aryl methyl sites for hydroxylation is 1. The largest absolute Gasteiger partial charge is 0.490 e. The van der Waals surface area contributed by atoms with Gasteiger partial charge >= 0.3 is 0 Å². The molecule has 0 amide bonds. The molecule has 162 valence electrons. The number of aromatic amines is 1. The number of thiophene rings is 1. The number of nitrogens with one attached hydrogen (secondary N) is 2. The first-order valence-corrected chi connectivity index (χ1v) is 11.4. The Kier molecular flexibility index (Phi) is 7.37. The summed E-state index contributed by atoms with van der Waals surface area (Å²) in [7, 11) is 0. The lowest BCUT2D eigenvalue weighted by Crippen LogP contribution is -2.15. The summed E-state index contributed by atoms with van der Waals surface area (Å²) < 4.78 is 11.3. The second kappa shape index (κ2) is 9.98. The van der Waals surface area contributed by atoms with Crippen molar-refractivity contribution in [2.75, 3.05) is 18.5 Å². The summed E-state index contributed by atoms with van der Waals surface area (Å²) in [6.07, 6.45) is 2.01. The molecule has 0 aliphatic heterocycles. The van der Waals surface area contributed by atoms with Gasteiger partial charge in [-0.25, -0.2) is 4.98 Å². The van der Waals surface area contributed by atoms with Crippen molar-refractivity contribution in [3.63, 3.8) is 0 Å². The first kappa shape index (κ1) is 22.2. The van der Waals surface area contributed by atoms with Crippen LogP contribution >= 0.6 is 11.3 Å². The molecule has 0 bridgehead atoms. The second-order valence-corrected chi connectivity index (χ2v) is 8.63. The Hall–Kier alpha value is -2.54. The summed E-state index contributed by atoms with van der Waals surface area (Å²) in [4.78, 5) is 22.5. The molecule has 3 aromatic rings. The van der Waals surface area contributed by atoms with Crippen molar-refractivity contribution in [3.8, 4) is 11.5 Å². The minimum absolute atomic E-state index is 0.0545. The Morgan fingerprint density at radius 2 is 1.90 bits per heavy atom. The second-order valence-electron chi connectivity index (χ2n) is 7.43. The number of anilines is 1. The Labute approximate surface area is 181 Å². The first-order valence-electron chi connectivity index (χ1n) is 10.6. The fraction of sp³-hybridized carbons (Fsp3) is 0.478. The van der Waals surface area contributed by atoms with Gasteiger partial charge in [0.05, 0.1) is 25.1 Å². The molecule has 0 aliphatic rings. The monoisotopic (exact) mass is 429 g/mol. The zero-order chi connectivity index (χ0) is 21.7. The number of hydrogen-bond donors (Lipinski definition) is 2. The van der Waals surface area contributed by atoms with Crippen LogP contribution in [-0.4, -0.2) is 23.2 Å². The van der Waals surface area contributed by atoms with E-state index in [4.69, 9.17) is 14.5 Å². The summed E-state index contributed by atoms with van der Waals surface area (Å²) in [6, 6.07) is 5.73. The lowest BCUT2D eigenvalue weighted by molar-refractivity contribution is 0.288. The molecule has 0 fully saturated rings. The molecular weight excluding hydrogens is 398 g/mol. The van der Waals surface area contributed by atoms with Crippen LogP contribution in [0, 0.1) is 12.8 Å². The van der Waals surface area contributed by atoms with Crippen LogP contribution in [0.3, 0.4) is 0 Å². The predicted molar refractivity (Wildman–Crippen MR) is 124 cm³/mol. The fourth-order valence-corrected chi connectivity index (χ4v) is 4.46. The third-order valence-corrected chi connectivity index (χ3v) is 6.21. The van der Waals surface area contributed by atoms with Crippen molar-refractivity contribution >= 4 is 27.2 Å². The van der Waals surface area contributed by atoms with Crippen LogP contribution in [0.5, 0.6) is 11.5 Å². The van der Waals surface area contributed by atoms with Crippen molar-refractivity contribution in [1.29, 1.82) is 0 Å². The van der Waals surface area contributed by atoms with E-state index in [0.717, 1.165) is 40.1 Å². The number of rotatable bonds is 10. The fourth-order valence-electron chi connectivity index (χ4n) is 3.39. The molecule has 3 rings (SSSR count). The summed E-state index contributed by atoms with van der Waals surface area (Å²) in [5.41, 5.74) is 1.97. The summed E-state index contributed by atoms with van der Waals surface area (Å²) in [5, 5.41) is 4.07. The summed E-state index contributed by atoms with van der Waals surface area (Å²) >= 11 is 1.60. The standard InChI is InChI=1S/C23H31N3O3S/c1-6-14(4)11-17-15(5)30-23-21(17)22(27)25-20(26-23)13-24-16-9-10-18(28-7-2)19(12-16)29-8-3/h9-10,12,14,24H,6-8,11,13H2,1-5H3,(H,25,26,27)/t14-/m0/s1. The van der Waals surface area contributed by atoms with Crippen LogP contribution in [0.4, 0.5) is 5.69 Å². The normalized spacial score (nSPS) is 12.2. The maximum absolute atomic E-state index is 12.8. The molecule has 0 saturated heterocycles. The van der Waals surface area contributed by atoms with Crippen LogP contribution in [0.25, 0.3) is 10.2 Å². The SMILES string of the molecule is CCOc1ccc(NCc2nc3sc(C)c(C[C@@H](C)CC)c3c(=O)[nH]2)cc1OCC. The quantitative estimate of drug-likeness (QED) is 0.458. The van der Waals surface area contributed by atoms with Gasteiger partial charge in [0, 0.05) is 16.6 Å². The molecule has 2 heterocycles. The van der Waals surface area contributed by atoms with Gasteiger partial charge in [-0.15, -0.1) is 11.3 Å². The molecule has 1 aromatic carbocycles. The molecule has 6 nitrogen and oxygen atoms in total. The van der Waals surface area contributed by atoms with Gasteiger partial charge in [0.2, 0.25) is 0 Å². The third-order valence-electron chi connectivity index (χ3n) is 5.16. The van der Waals surface area contributed by atoms with Gasteiger partial charge in [-0.05, 0) is 50.8 Å². The first-order chi connectivity index (χ1) is 14.5. The smallest absolute Gasteiger partial charge is 0.259 e. The van der Waals surface area contributed by atoms with E-state index in [1.807, 2.05) is 32.0 Å². The van der Waals surface area contributed by atoms with E-state index in [9.17, 15) is 4.79 Å². The van der Waals surface area contributed by atoms with E-state index < -0.39 is 0 Å². The van der Waals surface area contributed by atoms with Crippen molar-refractivity contribution < 1.29 is 9.47 Å². The average Bonchev–Trinajstić information content (AvgIpc) is 3.03. The van der Waals surface area contributed by atoms with Gasteiger partial charge in [-0.3, -0.25) is 4.79 Å². The van der Waals surface area contributed by atoms with Gasteiger partial charge in [0.25, 0.3) is 5.56 Å². The Morgan fingerprint density at radius 3 is 2.60 bits per heavy atom. The predicted octanol–water partition coefficient (Wildman–Crippen LogP) is 5.29. The molecule has 0 aliphatic carbocycles. The number of fused-ring (bicyclic) bond motifs is 1. The van der Waals surface area contributed by atoms with Crippen LogP contribution in [-0.2, 0) is 13.0 Å². The number of nitrogens with zero attached hydrogens (tertiary/aromatic N) is 1. The number of H-pyrrole nitrogens is 1. The molecule has 1 atom stereocenters. The van der Waals surface area contributed by atoms with Crippen molar-refractivity contribution in [2.24, 2.45) is 5.92 Å². The number of aromatic nitrogens is 2.